The number of nitrogens with zero attached hydrogens (tertiary/aromatic N) is 2. The van der Waals surface area contributed by atoms with Crippen LogP contribution < -0.4 is 4.74 Å². The van der Waals surface area contributed by atoms with Gasteiger partial charge in [0.2, 0.25) is 5.91 Å². The number of rotatable bonds is 5. The number of halogens is 1. The molecule has 0 aromatic heterocycles. The average Bonchev–Trinajstić information content (AvgIpc) is 2.74. The minimum Gasteiger partial charge on any atom is -0.484 e. The molecule has 2 aromatic carbocycles. The van der Waals surface area contributed by atoms with Crippen LogP contribution in [0.4, 0.5) is 0 Å². The van der Waals surface area contributed by atoms with Crippen molar-refractivity contribution >= 4 is 29.5 Å². The summed E-state index contributed by atoms with van der Waals surface area (Å²) in [6.07, 6.45) is 3.39. The Labute approximate surface area is 176 Å². The normalized spacial score (nSPS) is 14.3. The first kappa shape index (κ1) is 20.9. The Balaban J connectivity index is 1.47. The summed E-state index contributed by atoms with van der Waals surface area (Å²) in [6.45, 7) is 5.84. The molecule has 0 N–H and O–H groups in total. The maximum atomic E-state index is 12.5. The zero-order valence-electron chi connectivity index (χ0n) is 16.7. The van der Waals surface area contributed by atoms with E-state index >= 15 is 0 Å². The molecular weight excluding hydrogens is 388 g/mol. The minimum atomic E-state index is -0.0813. The van der Waals surface area contributed by atoms with Crippen LogP contribution >= 0.6 is 11.6 Å². The number of carbonyl (C=O) groups excluding carboxylic acids is 2. The van der Waals surface area contributed by atoms with Gasteiger partial charge >= 0.3 is 0 Å². The number of aryl methyl sites for hydroxylation is 2. The lowest BCUT2D eigenvalue weighted by Gasteiger charge is -2.34. The highest BCUT2D eigenvalue weighted by molar-refractivity contribution is 6.32. The first-order valence-corrected chi connectivity index (χ1v) is 10.0. The molecule has 0 aliphatic carbocycles. The van der Waals surface area contributed by atoms with E-state index in [1.54, 1.807) is 15.9 Å². The number of hydrogen-bond acceptors (Lipinski definition) is 3. The molecule has 2 aromatic rings. The van der Waals surface area contributed by atoms with Crippen LogP contribution in [-0.2, 0) is 9.59 Å². The Hall–Kier alpha value is -2.79. The van der Waals surface area contributed by atoms with Crippen LogP contribution in [0.3, 0.4) is 0 Å². The molecule has 1 fully saturated rings. The standard InChI is InChI=1S/C23H25ClN2O3/c1-17-14-20(15-18(2)23(17)24)29-16-22(28)26-12-10-25(11-13-26)21(27)9-8-19-6-4-3-5-7-19/h3-9,14-15H,10-13,16H2,1-2H3/b9-8+. The summed E-state index contributed by atoms with van der Waals surface area (Å²) in [7, 11) is 0. The van der Waals surface area contributed by atoms with Gasteiger partial charge in [-0.1, -0.05) is 41.9 Å². The third-order valence-electron chi connectivity index (χ3n) is 4.93. The molecule has 1 saturated heterocycles. The second-order valence-corrected chi connectivity index (χ2v) is 7.49. The number of amides is 2. The SMILES string of the molecule is Cc1cc(OCC(=O)N2CCN(C(=O)/C=C/c3ccccc3)CC2)cc(C)c1Cl. The monoisotopic (exact) mass is 412 g/mol. The largest absolute Gasteiger partial charge is 0.484 e. The van der Waals surface area contributed by atoms with E-state index in [1.165, 1.54) is 0 Å². The van der Waals surface area contributed by atoms with Crippen molar-refractivity contribution in [1.29, 1.82) is 0 Å². The van der Waals surface area contributed by atoms with E-state index in [0.29, 0.717) is 37.0 Å². The van der Waals surface area contributed by atoms with Gasteiger partial charge in [0.05, 0.1) is 0 Å². The Kier molecular flexibility index (Phi) is 6.94. The van der Waals surface area contributed by atoms with Gasteiger partial charge in [0.1, 0.15) is 5.75 Å². The number of benzene rings is 2. The Morgan fingerprint density at radius 3 is 2.21 bits per heavy atom. The van der Waals surface area contributed by atoms with Crippen LogP contribution in [0.2, 0.25) is 5.02 Å². The number of ether oxygens (including phenoxy) is 1. The number of piperazine rings is 1. The summed E-state index contributed by atoms with van der Waals surface area (Å²) in [6, 6.07) is 13.4. The van der Waals surface area contributed by atoms with Gasteiger partial charge < -0.3 is 14.5 Å². The lowest BCUT2D eigenvalue weighted by molar-refractivity contribution is -0.138. The molecule has 0 unspecified atom stereocenters. The first-order valence-electron chi connectivity index (χ1n) is 9.63. The second-order valence-electron chi connectivity index (χ2n) is 7.11. The molecule has 29 heavy (non-hydrogen) atoms. The van der Waals surface area contributed by atoms with Crippen LogP contribution in [0.15, 0.2) is 48.5 Å². The van der Waals surface area contributed by atoms with Crippen molar-refractivity contribution in [3.05, 3.63) is 70.3 Å². The van der Waals surface area contributed by atoms with Crippen LogP contribution in [-0.4, -0.2) is 54.4 Å². The summed E-state index contributed by atoms with van der Waals surface area (Å²) in [4.78, 5) is 28.3. The number of hydrogen-bond donors (Lipinski definition) is 0. The molecule has 0 atom stereocenters. The maximum absolute atomic E-state index is 12.5. The molecule has 0 spiro atoms. The van der Waals surface area contributed by atoms with Crippen molar-refractivity contribution in [2.24, 2.45) is 0 Å². The molecule has 5 nitrogen and oxygen atoms in total. The van der Waals surface area contributed by atoms with E-state index in [2.05, 4.69) is 0 Å². The molecule has 1 aliphatic heterocycles. The van der Waals surface area contributed by atoms with Gasteiger partial charge in [0.25, 0.3) is 5.91 Å². The zero-order valence-corrected chi connectivity index (χ0v) is 17.5. The minimum absolute atomic E-state index is 0.0254. The molecule has 152 valence electrons. The van der Waals surface area contributed by atoms with Gasteiger partial charge in [0, 0.05) is 37.3 Å². The summed E-state index contributed by atoms with van der Waals surface area (Å²) in [5.41, 5.74) is 2.83. The Morgan fingerprint density at radius 2 is 1.59 bits per heavy atom. The van der Waals surface area contributed by atoms with Crippen LogP contribution in [0.25, 0.3) is 6.08 Å². The highest BCUT2D eigenvalue weighted by atomic mass is 35.5. The topological polar surface area (TPSA) is 49.9 Å². The fourth-order valence-electron chi connectivity index (χ4n) is 3.24. The quantitative estimate of drug-likeness (QED) is 0.703. The fraction of sp³-hybridized carbons (Fsp3) is 0.304. The molecule has 1 aliphatic rings. The van der Waals surface area contributed by atoms with Gasteiger partial charge in [0.15, 0.2) is 6.61 Å². The summed E-state index contributed by atoms with van der Waals surface area (Å²) in [5, 5.41) is 0.714. The maximum Gasteiger partial charge on any atom is 0.260 e. The lowest BCUT2D eigenvalue weighted by atomic mass is 10.1. The zero-order chi connectivity index (χ0) is 20.8. The first-order chi connectivity index (χ1) is 13.9. The average molecular weight is 413 g/mol. The Bertz CT molecular complexity index is 881. The summed E-state index contributed by atoms with van der Waals surface area (Å²) >= 11 is 6.16. The second kappa shape index (κ2) is 9.61. The molecule has 0 bridgehead atoms. The predicted molar refractivity (Wildman–Crippen MR) is 115 cm³/mol. The van der Waals surface area contributed by atoms with E-state index in [4.69, 9.17) is 16.3 Å². The van der Waals surface area contributed by atoms with Crippen LogP contribution in [0, 0.1) is 13.8 Å². The van der Waals surface area contributed by atoms with E-state index in [1.807, 2.05) is 62.4 Å². The van der Waals surface area contributed by atoms with Crippen LogP contribution in [0.1, 0.15) is 16.7 Å². The molecule has 0 radical (unpaired) electrons. The molecule has 0 saturated carbocycles. The summed E-state index contributed by atoms with van der Waals surface area (Å²) < 4.78 is 5.66. The fourth-order valence-corrected chi connectivity index (χ4v) is 3.35. The molecule has 3 rings (SSSR count). The molecule has 1 heterocycles. The van der Waals surface area contributed by atoms with Crippen molar-refractivity contribution < 1.29 is 14.3 Å². The van der Waals surface area contributed by atoms with Gasteiger partial charge in [-0.05, 0) is 48.7 Å². The highest BCUT2D eigenvalue weighted by Gasteiger charge is 2.23. The number of carbonyl (C=O) groups is 2. The Morgan fingerprint density at radius 1 is 1.00 bits per heavy atom. The van der Waals surface area contributed by atoms with Gasteiger partial charge in [-0.2, -0.15) is 0 Å². The van der Waals surface area contributed by atoms with Crippen LogP contribution in [0.5, 0.6) is 5.75 Å². The molecule has 6 heteroatoms. The van der Waals surface area contributed by atoms with Crippen molar-refractivity contribution in [2.75, 3.05) is 32.8 Å². The highest BCUT2D eigenvalue weighted by Crippen LogP contribution is 2.25. The third kappa shape index (κ3) is 5.61. The van der Waals surface area contributed by atoms with Gasteiger partial charge in [-0.25, -0.2) is 0 Å². The van der Waals surface area contributed by atoms with E-state index < -0.39 is 0 Å². The third-order valence-corrected chi connectivity index (χ3v) is 5.53. The molecule has 2 amide bonds. The summed E-state index contributed by atoms with van der Waals surface area (Å²) in [5.74, 6) is 0.518. The van der Waals surface area contributed by atoms with Crippen molar-refractivity contribution in [2.45, 2.75) is 13.8 Å². The predicted octanol–water partition coefficient (Wildman–Crippen LogP) is 3.72. The smallest absolute Gasteiger partial charge is 0.260 e. The van der Waals surface area contributed by atoms with E-state index in [-0.39, 0.29) is 18.4 Å². The van der Waals surface area contributed by atoms with Crippen molar-refractivity contribution in [3.63, 3.8) is 0 Å². The van der Waals surface area contributed by atoms with Crippen molar-refractivity contribution in [3.8, 4) is 5.75 Å². The van der Waals surface area contributed by atoms with Crippen molar-refractivity contribution in [1.82, 2.24) is 9.80 Å². The molecular formula is C23H25ClN2O3. The van der Waals surface area contributed by atoms with Gasteiger partial charge in [-0.15, -0.1) is 0 Å². The van der Waals surface area contributed by atoms with E-state index in [0.717, 1.165) is 16.7 Å². The lowest BCUT2D eigenvalue weighted by Crippen LogP contribution is -2.51. The van der Waals surface area contributed by atoms with Gasteiger partial charge in [-0.3, -0.25) is 9.59 Å². The van der Waals surface area contributed by atoms with E-state index in [9.17, 15) is 9.59 Å².